The number of amides is 4. The Morgan fingerprint density at radius 1 is 1.21 bits per heavy atom. The summed E-state index contributed by atoms with van der Waals surface area (Å²) in [7, 11) is 0. The maximum atomic E-state index is 12.4. The van der Waals surface area contributed by atoms with E-state index in [1.807, 2.05) is 13.8 Å². The molecule has 0 aromatic rings. The molecule has 2 rings (SSSR count). The molecular weight excluding hydrogens is 244 g/mol. The zero-order chi connectivity index (χ0) is 14.0. The third-order valence-corrected chi connectivity index (χ3v) is 4.09. The molecule has 2 fully saturated rings. The van der Waals surface area contributed by atoms with Crippen LogP contribution in [0.5, 0.6) is 0 Å². The van der Waals surface area contributed by atoms with E-state index in [2.05, 4.69) is 5.32 Å². The summed E-state index contributed by atoms with van der Waals surface area (Å²) in [5.74, 6) is -0.804. The van der Waals surface area contributed by atoms with Crippen molar-refractivity contribution in [1.29, 1.82) is 0 Å². The molecule has 1 unspecified atom stereocenters. The Labute approximate surface area is 113 Å². The van der Waals surface area contributed by atoms with Gasteiger partial charge in [0, 0.05) is 6.54 Å². The van der Waals surface area contributed by atoms with Gasteiger partial charge in [-0.25, -0.2) is 4.79 Å². The molecule has 1 saturated carbocycles. The third-order valence-electron chi connectivity index (χ3n) is 4.09. The van der Waals surface area contributed by atoms with Crippen LogP contribution in [0.1, 0.15) is 46.0 Å². The van der Waals surface area contributed by atoms with Crippen LogP contribution >= 0.6 is 0 Å². The Morgan fingerprint density at radius 2 is 1.84 bits per heavy atom. The van der Waals surface area contributed by atoms with Gasteiger partial charge in [0.2, 0.25) is 11.8 Å². The summed E-state index contributed by atoms with van der Waals surface area (Å²) < 4.78 is 0. The number of carbonyl (C=O) groups is 3. The molecule has 5 heteroatoms. The van der Waals surface area contributed by atoms with Crippen molar-refractivity contribution in [2.24, 2.45) is 17.8 Å². The lowest BCUT2D eigenvalue weighted by Gasteiger charge is -2.33. The molecule has 4 amide bonds. The fourth-order valence-electron chi connectivity index (χ4n) is 2.94. The molecule has 1 atom stereocenters. The van der Waals surface area contributed by atoms with Crippen molar-refractivity contribution >= 4 is 17.8 Å². The van der Waals surface area contributed by atoms with Gasteiger partial charge >= 0.3 is 6.03 Å². The molecule has 0 aromatic heterocycles. The van der Waals surface area contributed by atoms with E-state index < -0.39 is 17.9 Å². The molecule has 1 aliphatic carbocycles. The highest BCUT2D eigenvalue weighted by Crippen LogP contribution is 2.34. The monoisotopic (exact) mass is 266 g/mol. The highest BCUT2D eigenvalue weighted by molar-refractivity contribution is 6.16. The molecule has 0 bridgehead atoms. The average Bonchev–Trinajstić information content (AvgIpc) is 2.81. The van der Waals surface area contributed by atoms with Crippen LogP contribution in [0.25, 0.3) is 0 Å². The smallest absolute Gasteiger partial charge is 0.277 e. The number of carbonyl (C=O) groups excluding carboxylic acids is 3. The van der Waals surface area contributed by atoms with Crippen LogP contribution in [0, 0.1) is 17.8 Å². The number of rotatable bonds is 4. The van der Waals surface area contributed by atoms with Crippen molar-refractivity contribution in [3.8, 4) is 0 Å². The number of nitrogens with one attached hydrogen (secondary N) is 1. The number of barbiturate groups is 1. The molecule has 2 aliphatic rings. The Hall–Kier alpha value is -1.39. The van der Waals surface area contributed by atoms with Crippen molar-refractivity contribution < 1.29 is 14.4 Å². The summed E-state index contributed by atoms with van der Waals surface area (Å²) in [6.45, 7) is 4.50. The summed E-state index contributed by atoms with van der Waals surface area (Å²) in [5.41, 5.74) is 0. The highest BCUT2D eigenvalue weighted by Gasteiger charge is 2.44. The zero-order valence-electron chi connectivity index (χ0n) is 11.6. The van der Waals surface area contributed by atoms with Gasteiger partial charge < -0.3 is 0 Å². The van der Waals surface area contributed by atoms with Gasteiger partial charge in [0.15, 0.2) is 0 Å². The number of hydrogen-bond acceptors (Lipinski definition) is 3. The summed E-state index contributed by atoms with van der Waals surface area (Å²) in [6.07, 6.45) is 4.74. The lowest BCUT2D eigenvalue weighted by Crippen LogP contribution is -2.59. The van der Waals surface area contributed by atoms with Crippen molar-refractivity contribution in [2.75, 3.05) is 6.54 Å². The average molecular weight is 266 g/mol. The summed E-state index contributed by atoms with van der Waals surface area (Å²) in [4.78, 5) is 37.3. The summed E-state index contributed by atoms with van der Waals surface area (Å²) in [5, 5.41) is 2.34. The fourth-order valence-corrected chi connectivity index (χ4v) is 2.94. The van der Waals surface area contributed by atoms with Crippen molar-refractivity contribution in [3.63, 3.8) is 0 Å². The standard InChI is InChI=1S/C14H22N2O3/c1-9(2)7-8-16-13(18)11(10-5-3-4-6-10)12(17)15-14(16)19/h9-11H,3-8H2,1-2H3,(H,15,17,19). The quantitative estimate of drug-likeness (QED) is 0.790. The molecule has 1 heterocycles. The molecule has 0 radical (unpaired) electrons. The molecule has 1 aliphatic heterocycles. The first-order valence-corrected chi connectivity index (χ1v) is 7.17. The number of imide groups is 2. The van der Waals surface area contributed by atoms with Gasteiger partial charge in [-0.05, 0) is 31.1 Å². The second kappa shape index (κ2) is 5.72. The van der Waals surface area contributed by atoms with Crippen molar-refractivity contribution in [3.05, 3.63) is 0 Å². The van der Waals surface area contributed by atoms with Gasteiger partial charge in [-0.1, -0.05) is 26.7 Å². The minimum absolute atomic E-state index is 0.113. The van der Waals surface area contributed by atoms with Crippen molar-refractivity contribution in [2.45, 2.75) is 46.0 Å². The van der Waals surface area contributed by atoms with Gasteiger partial charge in [-0.3, -0.25) is 19.8 Å². The molecule has 106 valence electrons. The van der Waals surface area contributed by atoms with E-state index in [9.17, 15) is 14.4 Å². The van der Waals surface area contributed by atoms with E-state index >= 15 is 0 Å². The molecule has 5 nitrogen and oxygen atoms in total. The minimum atomic E-state index is -0.646. The first kappa shape index (κ1) is 14.0. The molecule has 19 heavy (non-hydrogen) atoms. The van der Waals surface area contributed by atoms with Crippen LogP contribution in [-0.2, 0) is 9.59 Å². The second-order valence-electron chi connectivity index (χ2n) is 5.99. The fraction of sp³-hybridized carbons (Fsp3) is 0.786. The maximum Gasteiger partial charge on any atom is 0.330 e. The van der Waals surface area contributed by atoms with Gasteiger partial charge in [-0.2, -0.15) is 0 Å². The predicted octanol–water partition coefficient (Wildman–Crippen LogP) is 1.92. The van der Waals surface area contributed by atoms with E-state index in [1.165, 1.54) is 4.90 Å². The van der Waals surface area contributed by atoms with E-state index in [4.69, 9.17) is 0 Å². The van der Waals surface area contributed by atoms with Crippen LogP contribution in [-0.4, -0.2) is 29.3 Å². The first-order chi connectivity index (χ1) is 9.00. The number of hydrogen-bond donors (Lipinski definition) is 1. The Kier molecular flexibility index (Phi) is 4.22. The topological polar surface area (TPSA) is 66.5 Å². The van der Waals surface area contributed by atoms with E-state index in [0.29, 0.717) is 12.5 Å². The van der Waals surface area contributed by atoms with E-state index in [1.54, 1.807) is 0 Å². The number of nitrogens with zero attached hydrogens (tertiary/aromatic N) is 1. The lowest BCUT2D eigenvalue weighted by molar-refractivity contribution is -0.145. The van der Waals surface area contributed by atoms with Gasteiger partial charge in [0.1, 0.15) is 5.92 Å². The van der Waals surface area contributed by atoms with Gasteiger partial charge in [0.25, 0.3) is 0 Å². The molecular formula is C14H22N2O3. The largest absolute Gasteiger partial charge is 0.330 e. The van der Waals surface area contributed by atoms with Crippen LogP contribution in [0.15, 0.2) is 0 Å². The molecule has 1 N–H and O–H groups in total. The SMILES string of the molecule is CC(C)CCN1C(=O)NC(=O)C(C2CCCC2)C1=O. The predicted molar refractivity (Wildman–Crippen MR) is 70.2 cm³/mol. The summed E-state index contributed by atoms with van der Waals surface area (Å²) >= 11 is 0. The second-order valence-corrected chi connectivity index (χ2v) is 5.99. The van der Waals surface area contributed by atoms with Crippen LogP contribution in [0.2, 0.25) is 0 Å². The lowest BCUT2D eigenvalue weighted by atomic mass is 9.87. The molecule has 0 aromatic carbocycles. The maximum absolute atomic E-state index is 12.4. The number of urea groups is 1. The zero-order valence-corrected chi connectivity index (χ0v) is 11.6. The van der Waals surface area contributed by atoms with Crippen LogP contribution < -0.4 is 5.32 Å². The van der Waals surface area contributed by atoms with Crippen molar-refractivity contribution in [1.82, 2.24) is 10.2 Å². The van der Waals surface area contributed by atoms with E-state index in [0.717, 1.165) is 32.1 Å². The van der Waals surface area contributed by atoms with Gasteiger partial charge in [0.05, 0.1) is 0 Å². The third kappa shape index (κ3) is 2.96. The van der Waals surface area contributed by atoms with Gasteiger partial charge in [-0.15, -0.1) is 0 Å². The van der Waals surface area contributed by atoms with Crippen LogP contribution in [0.3, 0.4) is 0 Å². The normalized spacial score (nSPS) is 25.3. The summed E-state index contributed by atoms with van der Waals surface area (Å²) in [6, 6.07) is -0.551. The Balaban J connectivity index is 2.09. The Bertz CT molecular complexity index is 386. The first-order valence-electron chi connectivity index (χ1n) is 7.17. The molecule has 0 spiro atoms. The Morgan fingerprint density at radius 3 is 2.42 bits per heavy atom. The van der Waals surface area contributed by atoms with E-state index in [-0.39, 0.29) is 11.8 Å². The highest BCUT2D eigenvalue weighted by atomic mass is 16.2. The minimum Gasteiger partial charge on any atom is -0.277 e. The molecule has 1 saturated heterocycles. The van der Waals surface area contributed by atoms with Crippen LogP contribution in [0.4, 0.5) is 4.79 Å².